The lowest BCUT2D eigenvalue weighted by Crippen LogP contribution is -2.26. The van der Waals surface area contributed by atoms with Gasteiger partial charge < -0.3 is 0 Å². The van der Waals surface area contributed by atoms with Crippen LogP contribution in [0.25, 0.3) is 0 Å². The van der Waals surface area contributed by atoms with Gasteiger partial charge in [0.25, 0.3) is 0 Å². The van der Waals surface area contributed by atoms with Crippen LogP contribution in [0.2, 0.25) is 0 Å². The zero-order valence-corrected chi connectivity index (χ0v) is 16.0. The van der Waals surface area contributed by atoms with E-state index in [9.17, 15) is 0 Å². The average molecular weight is 397 g/mol. The lowest BCUT2D eigenvalue weighted by atomic mass is 9.84. The number of thioether (sulfide) groups is 1. The van der Waals surface area contributed by atoms with Gasteiger partial charge in [-0.3, -0.25) is 0 Å². The number of hydrogen-bond donors (Lipinski definition) is 0. The fourth-order valence-electron chi connectivity index (χ4n) is 3.05. The highest BCUT2D eigenvalue weighted by molar-refractivity contribution is 9.09. The van der Waals surface area contributed by atoms with Crippen molar-refractivity contribution < 1.29 is 0 Å². The van der Waals surface area contributed by atoms with Crippen LogP contribution in [0.4, 0.5) is 0 Å². The van der Waals surface area contributed by atoms with Gasteiger partial charge in [0.05, 0.1) is 4.75 Å². The Morgan fingerprint density at radius 2 is 1.00 bits per heavy atom. The predicted molar refractivity (Wildman–Crippen MR) is 110 cm³/mol. The first-order chi connectivity index (χ1) is 11.9. The van der Waals surface area contributed by atoms with Crippen molar-refractivity contribution in [3.8, 4) is 0 Å². The first-order valence-corrected chi connectivity index (χ1v) is 10.3. The van der Waals surface area contributed by atoms with Crippen molar-refractivity contribution in [2.24, 2.45) is 0 Å². The molecule has 0 unspecified atom stereocenters. The van der Waals surface area contributed by atoms with Gasteiger partial charge in [-0.2, -0.15) is 0 Å². The molecule has 122 valence electrons. The molecule has 0 saturated carbocycles. The molecule has 0 bridgehead atoms. The summed E-state index contributed by atoms with van der Waals surface area (Å²) in [6, 6.07) is 32.6. The van der Waals surface area contributed by atoms with Gasteiger partial charge >= 0.3 is 0 Å². The van der Waals surface area contributed by atoms with Crippen molar-refractivity contribution in [1.29, 1.82) is 0 Å². The minimum absolute atomic E-state index is 0.175. The summed E-state index contributed by atoms with van der Waals surface area (Å²) in [6.45, 7) is 0. The van der Waals surface area contributed by atoms with Gasteiger partial charge in [-0.25, -0.2) is 0 Å². The fraction of sp³-hybridized carbons (Fsp3) is 0.182. The smallest absolute Gasteiger partial charge is 0.0906 e. The molecule has 0 N–H and O–H groups in total. The fourth-order valence-corrected chi connectivity index (χ4v) is 5.20. The van der Waals surface area contributed by atoms with Crippen molar-refractivity contribution in [2.75, 3.05) is 11.1 Å². The Hall–Kier alpha value is -1.51. The summed E-state index contributed by atoms with van der Waals surface area (Å²) < 4.78 is -0.175. The van der Waals surface area contributed by atoms with Gasteiger partial charge in [-0.1, -0.05) is 107 Å². The first kappa shape index (κ1) is 17.3. The van der Waals surface area contributed by atoms with Crippen molar-refractivity contribution >= 4 is 27.7 Å². The van der Waals surface area contributed by atoms with E-state index in [-0.39, 0.29) is 4.75 Å². The summed E-state index contributed by atoms with van der Waals surface area (Å²) in [5.41, 5.74) is 4.01. The van der Waals surface area contributed by atoms with Crippen molar-refractivity contribution in [1.82, 2.24) is 0 Å². The minimum Gasteiger partial charge on any atom is -0.141 e. The molecule has 0 radical (unpaired) electrons. The van der Waals surface area contributed by atoms with Crippen molar-refractivity contribution in [2.45, 2.75) is 11.2 Å². The lowest BCUT2D eigenvalue weighted by Gasteiger charge is -2.35. The van der Waals surface area contributed by atoms with Crippen LogP contribution in [0.1, 0.15) is 23.1 Å². The Morgan fingerprint density at radius 3 is 1.33 bits per heavy atom. The Morgan fingerprint density at radius 1 is 0.625 bits per heavy atom. The SMILES string of the molecule is BrCCCSC(c1ccccc1)(c1ccccc1)c1ccccc1. The molecule has 3 rings (SSSR count). The van der Waals surface area contributed by atoms with E-state index in [2.05, 4.69) is 107 Å². The summed E-state index contributed by atoms with van der Waals surface area (Å²) in [4.78, 5) is 0. The van der Waals surface area contributed by atoms with Gasteiger partial charge in [0.2, 0.25) is 0 Å². The molecule has 0 aliphatic heterocycles. The van der Waals surface area contributed by atoms with Crippen molar-refractivity contribution in [3.63, 3.8) is 0 Å². The maximum atomic E-state index is 3.57. The van der Waals surface area contributed by atoms with E-state index in [0.29, 0.717) is 0 Å². The van der Waals surface area contributed by atoms with Crippen LogP contribution < -0.4 is 0 Å². The molecule has 0 spiro atoms. The van der Waals surface area contributed by atoms with Crippen molar-refractivity contribution in [3.05, 3.63) is 108 Å². The average Bonchev–Trinajstić information content (AvgIpc) is 2.68. The number of halogens is 1. The largest absolute Gasteiger partial charge is 0.141 e. The second-order valence-corrected chi connectivity index (χ2v) is 7.77. The van der Waals surface area contributed by atoms with Crippen LogP contribution in [0, 0.1) is 0 Å². The van der Waals surface area contributed by atoms with Crippen LogP contribution in [0.15, 0.2) is 91.0 Å². The molecule has 24 heavy (non-hydrogen) atoms. The van der Waals surface area contributed by atoms with Gasteiger partial charge in [-0.15, -0.1) is 11.8 Å². The number of alkyl halides is 1. The molecular weight excluding hydrogens is 376 g/mol. The molecule has 0 aliphatic carbocycles. The maximum absolute atomic E-state index is 3.57. The Labute approximate surface area is 157 Å². The normalized spacial score (nSPS) is 11.4. The first-order valence-electron chi connectivity index (χ1n) is 8.24. The van der Waals surface area contributed by atoms with E-state index in [0.717, 1.165) is 17.5 Å². The van der Waals surface area contributed by atoms with Crippen LogP contribution in [0.5, 0.6) is 0 Å². The number of hydrogen-bond acceptors (Lipinski definition) is 1. The van der Waals surface area contributed by atoms with Crippen LogP contribution in [-0.4, -0.2) is 11.1 Å². The summed E-state index contributed by atoms with van der Waals surface area (Å²) >= 11 is 5.60. The lowest BCUT2D eigenvalue weighted by molar-refractivity contribution is 0.890. The molecule has 3 aromatic rings. The minimum atomic E-state index is -0.175. The summed E-state index contributed by atoms with van der Waals surface area (Å²) in [6.07, 6.45) is 1.15. The highest BCUT2D eigenvalue weighted by atomic mass is 79.9. The zero-order valence-electron chi connectivity index (χ0n) is 13.6. The van der Waals surface area contributed by atoms with E-state index in [1.807, 2.05) is 11.8 Å². The molecule has 2 heteroatoms. The maximum Gasteiger partial charge on any atom is 0.0906 e. The van der Waals surface area contributed by atoms with E-state index in [1.165, 1.54) is 16.7 Å². The zero-order chi connectivity index (χ0) is 16.7. The monoisotopic (exact) mass is 396 g/mol. The molecule has 3 aromatic carbocycles. The molecule has 0 aliphatic rings. The van der Waals surface area contributed by atoms with E-state index < -0.39 is 0 Å². The van der Waals surface area contributed by atoms with Gasteiger partial charge in [0.15, 0.2) is 0 Å². The molecule has 0 aromatic heterocycles. The number of rotatable bonds is 7. The Kier molecular flexibility index (Phi) is 6.17. The molecule has 0 nitrogen and oxygen atoms in total. The summed E-state index contributed by atoms with van der Waals surface area (Å²) in [5, 5.41) is 1.04. The molecule has 0 fully saturated rings. The Balaban J connectivity index is 2.20. The van der Waals surface area contributed by atoms with Crippen LogP contribution in [-0.2, 0) is 4.75 Å². The topological polar surface area (TPSA) is 0 Å². The third kappa shape index (κ3) is 3.60. The molecule has 0 amide bonds. The van der Waals surface area contributed by atoms with Gasteiger partial charge in [0.1, 0.15) is 0 Å². The standard InChI is InChI=1S/C22H21BrS/c23-17-10-18-24-22(19-11-4-1-5-12-19,20-13-6-2-7-14-20)21-15-8-3-9-16-21/h1-9,11-16H,10,17-18H2. The van der Waals surface area contributed by atoms with Gasteiger partial charge in [0, 0.05) is 5.33 Å². The highest BCUT2D eigenvalue weighted by Gasteiger charge is 2.36. The van der Waals surface area contributed by atoms with Crippen LogP contribution in [0.3, 0.4) is 0 Å². The predicted octanol–water partition coefficient (Wildman–Crippen LogP) is 6.50. The summed E-state index contributed by atoms with van der Waals surface area (Å²) in [7, 11) is 0. The second-order valence-electron chi connectivity index (χ2n) is 5.67. The molecule has 0 atom stereocenters. The van der Waals surface area contributed by atoms with E-state index in [4.69, 9.17) is 0 Å². The van der Waals surface area contributed by atoms with Gasteiger partial charge in [-0.05, 0) is 28.9 Å². The van der Waals surface area contributed by atoms with Crippen LogP contribution >= 0.6 is 27.7 Å². The molecule has 0 saturated heterocycles. The third-order valence-corrected chi connectivity index (χ3v) is 6.33. The summed E-state index contributed by atoms with van der Waals surface area (Å²) in [5.74, 6) is 1.10. The van der Waals surface area contributed by atoms with E-state index >= 15 is 0 Å². The third-order valence-electron chi connectivity index (χ3n) is 4.14. The highest BCUT2D eigenvalue weighted by Crippen LogP contribution is 2.48. The quantitative estimate of drug-likeness (QED) is 0.249. The Bertz CT molecular complexity index is 629. The second kappa shape index (κ2) is 8.55. The number of benzene rings is 3. The molecule has 0 heterocycles. The van der Waals surface area contributed by atoms with E-state index in [1.54, 1.807) is 0 Å². The molecular formula is C22H21BrS.